The van der Waals surface area contributed by atoms with E-state index in [0.29, 0.717) is 54.7 Å². The maximum Gasteiger partial charge on any atom is 0.307 e. The van der Waals surface area contributed by atoms with Crippen molar-refractivity contribution in [3.05, 3.63) is 92.2 Å². The third kappa shape index (κ3) is 6.57. The van der Waals surface area contributed by atoms with Gasteiger partial charge < -0.3 is 29.9 Å². The summed E-state index contributed by atoms with van der Waals surface area (Å²) in [6, 6.07) is 13.2. The number of nitrogens with zero attached hydrogens (tertiary/aromatic N) is 4. The number of benzene rings is 3. The number of aliphatic carboxylic acids is 1. The van der Waals surface area contributed by atoms with Gasteiger partial charge in [-0.05, 0) is 68.6 Å². The molecule has 3 aliphatic rings. The predicted molar refractivity (Wildman–Crippen MR) is 196 cm³/mol. The van der Waals surface area contributed by atoms with Crippen LogP contribution in [0, 0.1) is 18.7 Å². The van der Waals surface area contributed by atoms with E-state index < -0.39 is 23.2 Å². The average molecular weight is 736 g/mol. The fraction of sp³-hybridized carbons (Fsp3) is 0.395. The second kappa shape index (κ2) is 13.8. The number of nitrogens with one attached hydrogen (secondary N) is 2. The Bertz CT molecular complexity index is 2050. The van der Waals surface area contributed by atoms with Crippen LogP contribution in [0.25, 0.3) is 11.1 Å². The quantitative estimate of drug-likeness (QED) is 0.158. The molecular formula is C38H41Cl2FN6O4. The van der Waals surface area contributed by atoms with Crippen LogP contribution in [0.2, 0.25) is 10.0 Å². The van der Waals surface area contributed by atoms with Crippen molar-refractivity contribution in [1.82, 2.24) is 19.4 Å². The van der Waals surface area contributed by atoms with E-state index in [2.05, 4.69) is 20.5 Å². The summed E-state index contributed by atoms with van der Waals surface area (Å²) in [5.74, 6) is -1.75. The third-order valence-corrected chi connectivity index (χ3v) is 11.3. The zero-order chi connectivity index (χ0) is 36.2. The van der Waals surface area contributed by atoms with Crippen molar-refractivity contribution >= 4 is 46.5 Å². The Balaban J connectivity index is 1.14. The molecule has 0 radical (unpaired) electrons. The Labute approximate surface area is 306 Å². The normalized spacial score (nSPS) is 18.4. The molecule has 3 N–H and O–H groups in total. The summed E-state index contributed by atoms with van der Waals surface area (Å²) in [7, 11) is 5.34. The summed E-state index contributed by atoms with van der Waals surface area (Å²) in [6.07, 6.45) is 2.89. The molecule has 0 spiro atoms. The number of anilines is 2. The molecule has 2 fully saturated rings. The summed E-state index contributed by atoms with van der Waals surface area (Å²) >= 11 is 13.8. The van der Waals surface area contributed by atoms with Crippen LogP contribution in [-0.2, 0) is 36.9 Å². The van der Waals surface area contributed by atoms with Crippen LogP contribution < -0.4 is 15.4 Å². The fourth-order valence-corrected chi connectivity index (χ4v) is 8.21. The Morgan fingerprint density at radius 2 is 1.86 bits per heavy atom. The van der Waals surface area contributed by atoms with Gasteiger partial charge >= 0.3 is 5.97 Å². The van der Waals surface area contributed by atoms with Crippen LogP contribution >= 0.6 is 23.2 Å². The van der Waals surface area contributed by atoms with Crippen molar-refractivity contribution in [2.45, 2.75) is 51.2 Å². The summed E-state index contributed by atoms with van der Waals surface area (Å²) in [5, 5.41) is 16.5. The largest absolute Gasteiger partial charge is 0.493 e. The van der Waals surface area contributed by atoms with Gasteiger partial charge in [0.2, 0.25) is 0 Å². The van der Waals surface area contributed by atoms with Gasteiger partial charge in [-0.3, -0.25) is 14.5 Å². The summed E-state index contributed by atoms with van der Waals surface area (Å²) in [6.45, 7) is 4.95. The molecule has 268 valence electrons. The monoisotopic (exact) mass is 734 g/mol. The summed E-state index contributed by atoms with van der Waals surface area (Å²) in [5.41, 5.74) is 6.24. The predicted octanol–water partition coefficient (Wildman–Crippen LogP) is 7.10. The molecule has 7 rings (SSSR count). The number of likely N-dealkylation sites (N-methyl/N-ethyl adjacent to an activating group) is 1. The highest BCUT2D eigenvalue weighted by Gasteiger charge is 2.47. The molecule has 3 aromatic carbocycles. The second-order valence-corrected chi connectivity index (χ2v) is 14.8. The van der Waals surface area contributed by atoms with Crippen LogP contribution in [0.1, 0.15) is 58.0 Å². The molecule has 0 bridgehead atoms. The van der Waals surface area contributed by atoms with Gasteiger partial charge in [-0.25, -0.2) is 9.37 Å². The van der Waals surface area contributed by atoms with Gasteiger partial charge in [-0.15, -0.1) is 0 Å². The molecule has 1 amide bonds. The average Bonchev–Trinajstić information content (AvgIpc) is 3.59. The molecule has 1 unspecified atom stereocenters. The first-order valence-electron chi connectivity index (χ1n) is 17.1. The Hall–Kier alpha value is -4.16. The van der Waals surface area contributed by atoms with Gasteiger partial charge in [0.15, 0.2) is 17.4 Å². The number of carboxylic acids is 1. The van der Waals surface area contributed by atoms with Gasteiger partial charge in [0, 0.05) is 56.5 Å². The van der Waals surface area contributed by atoms with Gasteiger partial charge in [0.1, 0.15) is 0 Å². The number of aromatic nitrogens is 2. The van der Waals surface area contributed by atoms with Gasteiger partial charge in [0.25, 0.3) is 5.91 Å². The lowest BCUT2D eigenvalue weighted by atomic mass is 9.91. The summed E-state index contributed by atoms with van der Waals surface area (Å²) < 4.78 is 23.6. The SMILES string of the molecule is COc1c(CN2CCC(C(=O)O)C2)cc(Cl)c(NC2(c3cccc(-c4cccc(NC(=O)c5nc6c(n5C)CCN(C)C6)c4Cl)c3C)CC2)c1F. The van der Waals surface area contributed by atoms with E-state index >= 15 is 4.39 Å². The molecule has 3 heterocycles. The number of hydrogen-bond donors (Lipinski definition) is 3. The third-order valence-electron chi connectivity index (χ3n) is 10.6. The van der Waals surface area contributed by atoms with E-state index in [0.717, 1.165) is 59.4 Å². The number of methoxy groups -OCH3 is 1. The number of imidazole rings is 1. The van der Waals surface area contributed by atoms with Crippen molar-refractivity contribution in [3.63, 3.8) is 0 Å². The van der Waals surface area contributed by atoms with Crippen LogP contribution in [0.15, 0.2) is 42.5 Å². The molecule has 1 saturated heterocycles. The maximum atomic E-state index is 16.2. The van der Waals surface area contributed by atoms with Crippen molar-refractivity contribution < 1.29 is 23.8 Å². The molecule has 10 nitrogen and oxygen atoms in total. The lowest BCUT2D eigenvalue weighted by Crippen LogP contribution is -2.27. The topological polar surface area (TPSA) is 112 Å². The van der Waals surface area contributed by atoms with E-state index in [1.165, 1.54) is 7.11 Å². The number of halogens is 3. The molecule has 1 atom stereocenters. The smallest absolute Gasteiger partial charge is 0.307 e. The molecule has 13 heteroatoms. The van der Waals surface area contributed by atoms with E-state index in [-0.39, 0.29) is 22.4 Å². The molecule has 51 heavy (non-hydrogen) atoms. The fourth-order valence-electron chi connectivity index (χ4n) is 7.67. The first-order chi connectivity index (χ1) is 24.4. The number of ether oxygens (including phenoxy) is 1. The molecule has 1 saturated carbocycles. The van der Waals surface area contributed by atoms with Gasteiger partial charge in [-0.1, -0.05) is 53.5 Å². The number of carboxylic acid groups (broad SMARTS) is 1. The lowest BCUT2D eigenvalue weighted by Gasteiger charge is -2.26. The van der Waals surface area contributed by atoms with Gasteiger partial charge in [0.05, 0.1) is 45.7 Å². The van der Waals surface area contributed by atoms with Crippen molar-refractivity contribution in [2.75, 3.05) is 44.4 Å². The zero-order valence-corrected chi connectivity index (χ0v) is 30.6. The van der Waals surface area contributed by atoms with Crippen molar-refractivity contribution in [3.8, 4) is 16.9 Å². The van der Waals surface area contributed by atoms with E-state index in [4.69, 9.17) is 27.9 Å². The highest BCUT2D eigenvalue weighted by atomic mass is 35.5. The number of carbonyl (C=O) groups is 2. The molecule has 4 aromatic rings. The minimum Gasteiger partial charge on any atom is -0.493 e. The second-order valence-electron chi connectivity index (χ2n) is 14.0. The van der Waals surface area contributed by atoms with Crippen molar-refractivity contribution in [2.24, 2.45) is 13.0 Å². The lowest BCUT2D eigenvalue weighted by molar-refractivity contribution is -0.141. The number of hydrogen-bond acceptors (Lipinski definition) is 7. The van der Waals surface area contributed by atoms with Crippen molar-refractivity contribution in [1.29, 1.82) is 0 Å². The van der Waals surface area contributed by atoms with Gasteiger partial charge in [-0.2, -0.15) is 0 Å². The highest BCUT2D eigenvalue weighted by Crippen LogP contribution is 2.53. The van der Waals surface area contributed by atoms with E-state index in [1.807, 2.05) is 60.8 Å². The first-order valence-corrected chi connectivity index (χ1v) is 17.9. The standard InChI is InChI=1S/C38H41Cl2FN6O4/c1-21-24(25-8-6-10-28(31(25)40)43-36(48)35-42-29-20-45(2)15-12-30(29)46(35)3)7-5-9-26(21)38(13-14-38)44-33-27(39)17-23(34(51-4)32(33)41)19-47-16-11-22(18-47)37(49)50/h5-10,17,22,44H,11-16,18-20H2,1-4H3,(H,43,48)(H,49,50). The minimum absolute atomic E-state index is 0.0886. The summed E-state index contributed by atoms with van der Waals surface area (Å²) in [4.78, 5) is 33.7. The first kappa shape index (κ1) is 35.3. The van der Waals surface area contributed by atoms with E-state index in [1.54, 1.807) is 12.1 Å². The molecule has 1 aliphatic carbocycles. The number of rotatable bonds is 10. The minimum atomic E-state index is -0.823. The Morgan fingerprint density at radius 1 is 1.12 bits per heavy atom. The molecule has 2 aliphatic heterocycles. The Morgan fingerprint density at radius 3 is 2.57 bits per heavy atom. The number of fused-ring (bicyclic) bond motifs is 1. The number of likely N-dealkylation sites (tertiary alicyclic amines) is 1. The highest BCUT2D eigenvalue weighted by molar-refractivity contribution is 6.36. The number of carbonyl (C=O) groups excluding carboxylic acids is 1. The molecule has 1 aromatic heterocycles. The molecular weight excluding hydrogens is 694 g/mol. The van der Waals surface area contributed by atoms with Crippen LogP contribution in [0.3, 0.4) is 0 Å². The zero-order valence-electron chi connectivity index (χ0n) is 29.1. The van der Waals surface area contributed by atoms with Crippen LogP contribution in [0.4, 0.5) is 15.8 Å². The van der Waals surface area contributed by atoms with Crippen LogP contribution in [-0.4, -0.2) is 70.1 Å². The van der Waals surface area contributed by atoms with Crippen LogP contribution in [0.5, 0.6) is 5.75 Å². The van der Waals surface area contributed by atoms with E-state index in [9.17, 15) is 14.7 Å². The maximum absolute atomic E-state index is 16.2. The number of amides is 1. The Kier molecular flexibility index (Phi) is 9.51.